The van der Waals surface area contributed by atoms with Crippen LogP contribution in [0.1, 0.15) is 27.7 Å². The van der Waals surface area contributed by atoms with Crippen LogP contribution >= 0.6 is 25.3 Å². The summed E-state index contributed by atoms with van der Waals surface area (Å²) in [6.07, 6.45) is 0. The molecule has 4 nitrogen and oxygen atoms in total. The highest BCUT2D eigenvalue weighted by Crippen LogP contribution is 2.10. The van der Waals surface area contributed by atoms with E-state index < -0.39 is 12.0 Å². The van der Waals surface area contributed by atoms with Gasteiger partial charge in [-0.3, -0.25) is 4.79 Å². The lowest BCUT2D eigenvalue weighted by atomic mass is 10.1. The molecule has 0 aliphatic carbocycles. The zero-order chi connectivity index (χ0) is 13.7. The molecule has 0 aromatic rings. The van der Waals surface area contributed by atoms with Crippen LogP contribution in [-0.2, 0) is 4.79 Å². The van der Waals surface area contributed by atoms with E-state index in [0.717, 1.165) is 0 Å². The number of aliphatic carboxylic acids is 1. The summed E-state index contributed by atoms with van der Waals surface area (Å²) in [7, 11) is 0. The van der Waals surface area contributed by atoms with Crippen LogP contribution in [0.5, 0.6) is 0 Å². The molecule has 0 spiro atoms. The third kappa shape index (κ3) is 10.9. The van der Waals surface area contributed by atoms with Gasteiger partial charge in [0.15, 0.2) is 0 Å². The molecule has 0 amide bonds. The standard InChI is InChI=1S/C11H24N2O2S2/c1-10(2,16)6-12-5-8(9(14)15)13-7-11(3,4)17/h8,12-13,16-17H,5-7H2,1-4H3,(H,14,15). The maximum Gasteiger partial charge on any atom is 0.322 e. The zero-order valence-corrected chi connectivity index (χ0v) is 12.7. The van der Waals surface area contributed by atoms with E-state index in [4.69, 9.17) is 5.11 Å². The van der Waals surface area contributed by atoms with Gasteiger partial charge in [-0.25, -0.2) is 0 Å². The molecule has 0 aliphatic heterocycles. The highest BCUT2D eigenvalue weighted by atomic mass is 32.1. The number of hydrogen-bond donors (Lipinski definition) is 5. The first-order chi connectivity index (χ1) is 7.51. The van der Waals surface area contributed by atoms with Gasteiger partial charge in [0, 0.05) is 29.1 Å². The van der Waals surface area contributed by atoms with Crippen molar-refractivity contribution in [1.82, 2.24) is 10.6 Å². The number of carboxylic acids is 1. The van der Waals surface area contributed by atoms with Gasteiger partial charge in [-0.05, 0) is 27.7 Å². The number of hydrogen-bond acceptors (Lipinski definition) is 5. The Kier molecular flexibility index (Phi) is 6.91. The second-order valence-corrected chi connectivity index (χ2v) is 7.95. The average Bonchev–Trinajstić information content (AvgIpc) is 2.06. The first kappa shape index (κ1) is 17.1. The molecule has 0 radical (unpaired) electrons. The fourth-order valence-electron chi connectivity index (χ4n) is 1.14. The molecule has 1 atom stereocenters. The van der Waals surface area contributed by atoms with Gasteiger partial charge < -0.3 is 15.7 Å². The first-order valence-corrected chi connectivity index (χ1v) is 6.52. The fourth-order valence-corrected chi connectivity index (χ4v) is 1.35. The van der Waals surface area contributed by atoms with Gasteiger partial charge in [0.05, 0.1) is 0 Å². The molecular weight excluding hydrogens is 256 g/mol. The normalized spacial score (nSPS) is 14.7. The Morgan fingerprint density at radius 1 is 1.18 bits per heavy atom. The maximum absolute atomic E-state index is 11.0. The molecule has 3 N–H and O–H groups in total. The lowest BCUT2D eigenvalue weighted by molar-refractivity contribution is -0.139. The monoisotopic (exact) mass is 280 g/mol. The molecule has 0 heterocycles. The van der Waals surface area contributed by atoms with Crippen molar-refractivity contribution in [3.8, 4) is 0 Å². The summed E-state index contributed by atoms with van der Waals surface area (Å²) in [5.74, 6) is -0.855. The van der Waals surface area contributed by atoms with E-state index in [1.54, 1.807) is 0 Å². The van der Waals surface area contributed by atoms with E-state index in [0.29, 0.717) is 19.6 Å². The first-order valence-electron chi connectivity index (χ1n) is 5.63. The minimum atomic E-state index is -0.855. The van der Waals surface area contributed by atoms with E-state index in [2.05, 4.69) is 35.9 Å². The van der Waals surface area contributed by atoms with Crippen molar-refractivity contribution < 1.29 is 9.90 Å². The van der Waals surface area contributed by atoms with Gasteiger partial charge in [-0.1, -0.05) is 0 Å². The Morgan fingerprint density at radius 3 is 2.00 bits per heavy atom. The van der Waals surface area contributed by atoms with Crippen molar-refractivity contribution >= 4 is 31.2 Å². The van der Waals surface area contributed by atoms with E-state index in [-0.39, 0.29) is 9.49 Å². The predicted molar refractivity (Wildman–Crippen MR) is 78.4 cm³/mol. The van der Waals surface area contributed by atoms with Crippen LogP contribution in [0.2, 0.25) is 0 Å². The summed E-state index contributed by atoms with van der Waals surface area (Å²) in [5.41, 5.74) is 0. The smallest absolute Gasteiger partial charge is 0.322 e. The Hall–Kier alpha value is 0.0900. The van der Waals surface area contributed by atoms with E-state index in [1.807, 2.05) is 27.7 Å². The molecule has 0 aliphatic rings. The van der Waals surface area contributed by atoms with Crippen molar-refractivity contribution in [1.29, 1.82) is 0 Å². The van der Waals surface area contributed by atoms with Gasteiger partial charge in [0.2, 0.25) is 0 Å². The predicted octanol–water partition coefficient (Wildman–Crippen LogP) is 1.04. The third-order valence-corrected chi connectivity index (χ3v) is 2.30. The minimum absolute atomic E-state index is 0.147. The Morgan fingerprint density at radius 2 is 1.65 bits per heavy atom. The van der Waals surface area contributed by atoms with Crippen LogP contribution in [0.3, 0.4) is 0 Å². The van der Waals surface area contributed by atoms with Crippen molar-refractivity contribution in [3.05, 3.63) is 0 Å². The molecule has 0 bridgehead atoms. The summed E-state index contributed by atoms with van der Waals surface area (Å²) < 4.78 is -0.373. The summed E-state index contributed by atoms with van der Waals surface area (Å²) in [6, 6.07) is -0.600. The highest BCUT2D eigenvalue weighted by Gasteiger charge is 2.21. The maximum atomic E-state index is 11.0. The quantitative estimate of drug-likeness (QED) is 0.431. The molecule has 0 fully saturated rings. The van der Waals surface area contributed by atoms with Crippen LogP contribution in [-0.4, -0.2) is 46.2 Å². The van der Waals surface area contributed by atoms with Crippen molar-refractivity contribution in [2.75, 3.05) is 19.6 Å². The zero-order valence-electron chi connectivity index (χ0n) is 10.9. The SMILES string of the molecule is CC(C)(S)CNCC(NCC(C)(C)S)C(=O)O. The average molecular weight is 280 g/mol. The Bertz CT molecular complexity index is 247. The minimum Gasteiger partial charge on any atom is -0.480 e. The van der Waals surface area contributed by atoms with Gasteiger partial charge in [-0.2, -0.15) is 25.3 Å². The summed E-state index contributed by atoms with van der Waals surface area (Å²) >= 11 is 8.71. The van der Waals surface area contributed by atoms with Crippen molar-refractivity contribution in [3.63, 3.8) is 0 Å². The fraction of sp³-hybridized carbons (Fsp3) is 0.909. The summed E-state index contributed by atoms with van der Waals surface area (Å²) in [5, 5.41) is 15.1. The number of thiol groups is 2. The van der Waals surface area contributed by atoms with Crippen molar-refractivity contribution in [2.24, 2.45) is 0 Å². The Labute approximate surface area is 115 Å². The molecule has 17 heavy (non-hydrogen) atoms. The topological polar surface area (TPSA) is 61.4 Å². The molecule has 0 aromatic heterocycles. The lowest BCUT2D eigenvalue weighted by Gasteiger charge is -2.24. The summed E-state index contributed by atoms with van der Waals surface area (Å²) in [6.45, 7) is 9.40. The molecule has 0 saturated heterocycles. The van der Waals surface area contributed by atoms with E-state index in [1.165, 1.54) is 0 Å². The van der Waals surface area contributed by atoms with Gasteiger partial charge in [-0.15, -0.1) is 0 Å². The van der Waals surface area contributed by atoms with Gasteiger partial charge >= 0.3 is 5.97 Å². The molecule has 0 saturated carbocycles. The van der Waals surface area contributed by atoms with Gasteiger partial charge in [0.25, 0.3) is 0 Å². The molecule has 102 valence electrons. The van der Waals surface area contributed by atoms with Crippen LogP contribution in [0, 0.1) is 0 Å². The number of carbonyl (C=O) groups is 1. The number of nitrogens with one attached hydrogen (secondary N) is 2. The van der Waals surface area contributed by atoms with Crippen LogP contribution in [0.15, 0.2) is 0 Å². The highest BCUT2D eigenvalue weighted by molar-refractivity contribution is 7.82. The largest absolute Gasteiger partial charge is 0.480 e. The van der Waals surface area contributed by atoms with E-state index >= 15 is 0 Å². The van der Waals surface area contributed by atoms with Crippen LogP contribution < -0.4 is 10.6 Å². The molecule has 6 heteroatoms. The third-order valence-electron chi connectivity index (χ3n) is 1.99. The summed E-state index contributed by atoms with van der Waals surface area (Å²) in [4.78, 5) is 11.0. The Balaban J connectivity index is 4.05. The molecule has 0 aromatic carbocycles. The lowest BCUT2D eigenvalue weighted by Crippen LogP contribution is -2.49. The number of carboxylic acid groups (broad SMARTS) is 1. The molecule has 1 unspecified atom stereocenters. The van der Waals surface area contributed by atoms with E-state index in [9.17, 15) is 4.79 Å². The van der Waals surface area contributed by atoms with Crippen molar-refractivity contribution in [2.45, 2.75) is 43.2 Å². The second kappa shape index (κ2) is 6.87. The van der Waals surface area contributed by atoms with Gasteiger partial charge in [0.1, 0.15) is 6.04 Å². The van der Waals surface area contributed by atoms with Crippen LogP contribution in [0.4, 0.5) is 0 Å². The van der Waals surface area contributed by atoms with Crippen LogP contribution in [0.25, 0.3) is 0 Å². The molecule has 0 rings (SSSR count). The second-order valence-electron chi connectivity index (χ2n) is 5.53. The molecular formula is C11H24N2O2S2. The number of rotatable bonds is 8.